The minimum Gasteiger partial charge on any atom is -0.550 e. The molecule has 0 radical (unpaired) electrons. The van der Waals surface area contributed by atoms with Crippen molar-refractivity contribution in [1.82, 2.24) is 4.90 Å². The number of hydrogen-bond donors (Lipinski definition) is 0. The van der Waals surface area contributed by atoms with Gasteiger partial charge in [-0.3, -0.25) is 4.90 Å². The van der Waals surface area contributed by atoms with Crippen molar-refractivity contribution in [2.75, 3.05) is 32.8 Å². The number of carboxylic acids is 1. The Hall–Kier alpha value is 1.03. The van der Waals surface area contributed by atoms with E-state index in [-0.39, 0.29) is 57.8 Å². The molecular formula is C7H12KNO3. The zero-order chi connectivity index (χ0) is 8.10. The number of ether oxygens (including phenoxy) is 1. The number of morpholine rings is 1. The average molecular weight is 197 g/mol. The van der Waals surface area contributed by atoms with Gasteiger partial charge in [0, 0.05) is 25.6 Å². The quantitative estimate of drug-likeness (QED) is 0.428. The van der Waals surface area contributed by atoms with E-state index in [1.807, 2.05) is 0 Å². The molecular weight excluding hydrogens is 185 g/mol. The minimum atomic E-state index is -0.975. The van der Waals surface area contributed by atoms with Gasteiger partial charge in [-0.15, -0.1) is 0 Å². The van der Waals surface area contributed by atoms with Crippen LogP contribution in [0.3, 0.4) is 0 Å². The van der Waals surface area contributed by atoms with Gasteiger partial charge < -0.3 is 14.6 Å². The summed E-state index contributed by atoms with van der Waals surface area (Å²) in [4.78, 5) is 12.1. The van der Waals surface area contributed by atoms with Crippen LogP contribution in [0.2, 0.25) is 0 Å². The molecule has 0 spiro atoms. The molecule has 64 valence electrons. The van der Waals surface area contributed by atoms with Crippen LogP contribution in [-0.4, -0.2) is 43.7 Å². The van der Waals surface area contributed by atoms with Gasteiger partial charge in [0.15, 0.2) is 0 Å². The number of nitrogens with zero attached hydrogens (tertiary/aromatic N) is 1. The third kappa shape index (κ3) is 5.63. The molecule has 0 aromatic rings. The maximum absolute atomic E-state index is 10.1. The summed E-state index contributed by atoms with van der Waals surface area (Å²) in [5.74, 6) is -0.975. The number of hydrogen-bond acceptors (Lipinski definition) is 4. The predicted molar refractivity (Wildman–Crippen MR) is 36.9 cm³/mol. The molecule has 1 fully saturated rings. The Bertz CT molecular complexity index is 137. The second-order valence-electron chi connectivity index (χ2n) is 2.58. The van der Waals surface area contributed by atoms with Crippen molar-refractivity contribution in [3.63, 3.8) is 0 Å². The van der Waals surface area contributed by atoms with E-state index >= 15 is 0 Å². The number of rotatable bonds is 3. The topological polar surface area (TPSA) is 52.6 Å². The van der Waals surface area contributed by atoms with Crippen LogP contribution in [0.4, 0.5) is 0 Å². The Balaban J connectivity index is 0.00000121. The van der Waals surface area contributed by atoms with Crippen molar-refractivity contribution in [2.45, 2.75) is 6.42 Å². The summed E-state index contributed by atoms with van der Waals surface area (Å²) in [5, 5.41) is 10.1. The third-order valence-corrected chi connectivity index (χ3v) is 1.74. The standard InChI is InChI=1S/C7H13NO3.K/c9-7(10)1-2-8-3-5-11-6-4-8;/h1-6H2,(H,9,10);/q;+1/p-1. The van der Waals surface area contributed by atoms with Crippen LogP contribution < -0.4 is 56.5 Å². The molecule has 1 aliphatic heterocycles. The SMILES string of the molecule is O=C([O-])CCN1CCOCC1.[K+]. The summed E-state index contributed by atoms with van der Waals surface area (Å²) in [6.07, 6.45) is 0.125. The monoisotopic (exact) mass is 197 g/mol. The molecule has 0 saturated carbocycles. The molecule has 0 bridgehead atoms. The number of carbonyl (C=O) groups is 1. The summed E-state index contributed by atoms with van der Waals surface area (Å²) in [6, 6.07) is 0. The van der Waals surface area contributed by atoms with E-state index < -0.39 is 5.97 Å². The zero-order valence-electron chi connectivity index (χ0n) is 7.41. The van der Waals surface area contributed by atoms with Gasteiger partial charge in [-0.1, -0.05) is 0 Å². The first-order valence-electron chi connectivity index (χ1n) is 3.79. The molecule has 1 aliphatic rings. The van der Waals surface area contributed by atoms with Gasteiger partial charge >= 0.3 is 51.4 Å². The van der Waals surface area contributed by atoms with E-state index in [2.05, 4.69) is 4.90 Å². The fourth-order valence-corrected chi connectivity index (χ4v) is 1.07. The second kappa shape index (κ2) is 7.43. The van der Waals surface area contributed by atoms with Crippen LogP contribution in [0.25, 0.3) is 0 Å². The van der Waals surface area contributed by atoms with Gasteiger partial charge in [-0.25, -0.2) is 0 Å². The molecule has 12 heavy (non-hydrogen) atoms. The van der Waals surface area contributed by atoms with Gasteiger partial charge in [0.2, 0.25) is 0 Å². The second-order valence-corrected chi connectivity index (χ2v) is 2.58. The van der Waals surface area contributed by atoms with Crippen LogP contribution in [0.5, 0.6) is 0 Å². The normalized spacial score (nSPS) is 18.3. The Morgan fingerprint density at radius 1 is 1.42 bits per heavy atom. The van der Waals surface area contributed by atoms with Crippen LogP contribution in [0.15, 0.2) is 0 Å². The Labute approximate surface area is 115 Å². The first-order valence-corrected chi connectivity index (χ1v) is 3.79. The fourth-order valence-electron chi connectivity index (χ4n) is 1.07. The summed E-state index contributed by atoms with van der Waals surface area (Å²) < 4.78 is 5.10. The maximum Gasteiger partial charge on any atom is 1.00 e. The molecule has 0 aromatic heterocycles. The van der Waals surface area contributed by atoms with E-state index in [9.17, 15) is 9.90 Å². The molecule has 0 amide bonds. The van der Waals surface area contributed by atoms with E-state index in [0.29, 0.717) is 19.8 Å². The van der Waals surface area contributed by atoms with Crippen LogP contribution in [-0.2, 0) is 9.53 Å². The first-order chi connectivity index (χ1) is 5.29. The van der Waals surface area contributed by atoms with Crippen molar-refractivity contribution in [1.29, 1.82) is 0 Å². The van der Waals surface area contributed by atoms with Crippen molar-refractivity contribution in [3.8, 4) is 0 Å². The number of carboxylic acid groups (broad SMARTS) is 1. The van der Waals surface area contributed by atoms with Crippen LogP contribution >= 0.6 is 0 Å². The van der Waals surface area contributed by atoms with Crippen molar-refractivity contribution in [2.24, 2.45) is 0 Å². The predicted octanol–water partition coefficient (Wildman–Crippen LogP) is -4.54. The van der Waals surface area contributed by atoms with Gasteiger partial charge in [-0.2, -0.15) is 0 Å². The summed E-state index contributed by atoms with van der Waals surface area (Å²) in [6.45, 7) is 3.70. The summed E-state index contributed by atoms with van der Waals surface area (Å²) in [7, 11) is 0. The summed E-state index contributed by atoms with van der Waals surface area (Å²) in [5.41, 5.74) is 0. The van der Waals surface area contributed by atoms with Crippen LogP contribution in [0, 0.1) is 0 Å². The molecule has 5 heteroatoms. The smallest absolute Gasteiger partial charge is 0.550 e. The van der Waals surface area contributed by atoms with Gasteiger partial charge in [0.05, 0.1) is 13.2 Å². The Morgan fingerprint density at radius 3 is 2.50 bits per heavy atom. The van der Waals surface area contributed by atoms with Gasteiger partial charge in [0.1, 0.15) is 0 Å². The molecule has 1 heterocycles. The molecule has 1 rings (SSSR count). The number of carbonyl (C=O) groups excluding carboxylic acids is 1. The molecule has 4 nitrogen and oxygen atoms in total. The van der Waals surface area contributed by atoms with E-state index in [1.54, 1.807) is 0 Å². The molecule has 0 atom stereocenters. The van der Waals surface area contributed by atoms with E-state index in [4.69, 9.17) is 4.74 Å². The van der Waals surface area contributed by atoms with Crippen molar-refractivity contribution in [3.05, 3.63) is 0 Å². The molecule has 0 N–H and O–H groups in total. The largest absolute Gasteiger partial charge is 1.00 e. The van der Waals surface area contributed by atoms with E-state index in [0.717, 1.165) is 13.1 Å². The van der Waals surface area contributed by atoms with Crippen molar-refractivity contribution < 1.29 is 66.0 Å². The van der Waals surface area contributed by atoms with Crippen molar-refractivity contribution >= 4 is 5.97 Å². The third-order valence-electron chi connectivity index (χ3n) is 1.74. The van der Waals surface area contributed by atoms with Crippen LogP contribution in [0.1, 0.15) is 6.42 Å². The first kappa shape index (κ1) is 13.0. The van der Waals surface area contributed by atoms with Gasteiger partial charge in [-0.05, 0) is 6.42 Å². The molecule has 0 aliphatic carbocycles. The molecule has 1 saturated heterocycles. The maximum atomic E-state index is 10.1. The minimum absolute atomic E-state index is 0. The average Bonchev–Trinajstić information content (AvgIpc) is 2.03. The summed E-state index contributed by atoms with van der Waals surface area (Å²) >= 11 is 0. The molecule has 0 unspecified atom stereocenters. The fraction of sp³-hybridized carbons (Fsp3) is 0.857. The van der Waals surface area contributed by atoms with E-state index in [1.165, 1.54) is 0 Å². The zero-order valence-corrected chi connectivity index (χ0v) is 10.5. The van der Waals surface area contributed by atoms with Gasteiger partial charge in [0.25, 0.3) is 0 Å². The Morgan fingerprint density at radius 2 is 2.00 bits per heavy atom. The number of aliphatic carboxylic acids is 1. The molecule has 0 aromatic carbocycles. The Kier molecular flexibility index (Phi) is 8.07.